The minimum absolute atomic E-state index is 0.00158. The molecule has 1 aliphatic heterocycles. The van der Waals surface area contributed by atoms with Crippen LogP contribution in [-0.2, 0) is 14.8 Å². The van der Waals surface area contributed by atoms with Gasteiger partial charge in [0, 0.05) is 43.5 Å². The van der Waals surface area contributed by atoms with E-state index in [2.05, 4.69) is 10.0 Å². The number of rotatable bonds is 7. The van der Waals surface area contributed by atoms with Gasteiger partial charge in [0.2, 0.25) is 5.91 Å². The molecule has 2 N–H and O–H groups in total. The minimum Gasteiger partial charge on any atom is -0.352 e. The summed E-state index contributed by atoms with van der Waals surface area (Å²) in [5, 5.41) is 2.95. The van der Waals surface area contributed by atoms with Gasteiger partial charge < -0.3 is 10.2 Å². The lowest BCUT2D eigenvalue weighted by Crippen LogP contribution is -2.51. The van der Waals surface area contributed by atoms with Gasteiger partial charge in [0.25, 0.3) is 15.9 Å². The first kappa shape index (κ1) is 23.1. The summed E-state index contributed by atoms with van der Waals surface area (Å²) in [6.45, 7) is 2.32. The SMILES string of the molecule is O=C(CN1CCN(C(=O)c2cccc(NS(=O)(=O)c3ccc(F)c(F)c3)c2)CC1)NC1CC1. The van der Waals surface area contributed by atoms with E-state index in [0.29, 0.717) is 50.4 Å². The average molecular weight is 479 g/mol. The molecule has 0 spiro atoms. The predicted molar refractivity (Wildman–Crippen MR) is 117 cm³/mol. The molecule has 1 heterocycles. The molecule has 8 nitrogen and oxygen atoms in total. The van der Waals surface area contributed by atoms with Crippen LogP contribution in [0.4, 0.5) is 14.5 Å². The van der Waals surface area contributed by atoms with Crippen molar-refractivity contribution in [1.29, 1.82) is 0 Å². The van der Waals surface area contributed by atoms with E-state index in [9.17, 15) is 26.8 Å². The Balaban J connectivity index is 1.36. The smallest absolute Gasteiger partial charge is 0.261 e. The molecular weight excluding hydrogens is 454 g/mol. The van der Waals surface area contributed by atoms with Crippen LogP contribution in [0.2, 0.25) is 0 Å². The van der Waals surface area contributed by atoms with Crippen molar-refractivity contribution in [2.24, 2.45) is 0 Å². The molecule has 1 saturated heterocycles. The third-order valence-electron chi connectivity index (χ3n) is 5.53. The number of halogens is 2. The molecule has 0 bridgehead atoms. The van der Waals surface area contributed by atoms with Crippen LogP contribution in [0.3, 0.4) is 0 Å². The Hall–Kier alpha value is -3.05. The van der Waals surface area contributed by atoms with E-state index >= 15 is 0 Å². The molecule has 0 aromatic heterocycles. The normalized spacial score (nSPS) is 17.0. The molecule has 0 unspecified atom stereocenters. The largest absolute Gasteiger partial charge is 0.352 e. The van der Waals surface area contributed by atoms with Crippen molar-refractivity contribution >= 4 is 27.5 Å². The highest BCUT2D eigenvalue weighted by Crippen LogP contribution is 2.21. The molecule has 33 heavy (non-hydrogen) atoms. The molecule has 0 atom stereocenters. The summed E-state index contributed by atoms with van der Waals surface area (Å²) >= 11 is 0. The Bertz CT molecular complexity index is 1160. The van der Waals surface area contributed by atoms with Crippen LogP contribution >= 0.6 is 0 Å². The summed E-state index contributed by atoms with van der Waals surface area (Å²) in [6.07, 6.45) is 2.06. The fourth-order valence-electron chi connectivity index (χ4n) is 3.57. The summed E-state index contributed by atoms with van der Waals surface area (Å²) in [7, 11) is -4.17. The number of nitrogens with zero attached hydrogens (tertiary/aromatic N) is 2. The van der Waals surface area contributed by atoms with Crippen LogP contribution in [0, 0.1) is 11.6 Å². The number of nitrogens with one attached hydrogen (secondary N) is 2. The van der Waals surface area contributed by atoms with E-state index in [1.54, 1.807) is 11.0 Å². The molecule has 176 valence electrons. The van der Waals surface area contributed by atoms with E-state index in [-0.39, 0.29) is 17.5 Å². The van der Waals surface area contributed by atoms with Crippen LogP contribution < -0.4 is 10.0 Å². The van der Waals surface area contributed by atoms with Gasteiger partial charge in [0.05, 0.1) is 11.4 Å². The van der Waals surface area contributed by atoms with Gasteiger partial charge >= 0.3 is 0 Å². The molecule has 2 amide bonds. The number of hydrogen-bond donors (Lipinski definition) is 2. The van der Waals surface area contributed by atoms with Gasteiger partial charge in [-0.3, -0.25) is 19.2 Å². The Morgan fingerprint density at radius 2 is 1.70 bits per heavy atom. The van der Waals surface area contributed by atoms with E-state index in [0.717, 1.165) is 25.0 Å². The lowest BCUT2D eigenvalue weighted by molar-refractivity contribution is -0.122. The van der Waals surface area contributed by atoms with Crippen LogP contribution in [-0.4, -0.2) is 68.8 Å². The van der Waals surface area contributed by atoms with E-state index in [1.807, 2.05) is 4.90 Å². The van der Waals surface area contributed by atoms with Crippen LogP contribution in [0.1, 0.15) is 23.2 Å². The van der Waals surface area contributed by atoms with Crippen molar-refractivity contribution in [2.45, 2.75) is 23.8 Å². The van der Waals surface area contributed by atoms with Gasteiger partial charge in [-0.1, -0.05) is 6.07 Å². The highest BCUT2D eigenvalue weighted by atomic mass is 32.2. The quantitative estimate of drug-likeness (QED) is 0.633. The predicted octanol–water partition coefficient (Wildman–Crippen LogP) is 1.80. The van der Waals surface area contributed by atoms with Gasteiger partial charge in [0.1, 0.15) is 0 Å². The zero-order valence-electron chi connectivity index (χ0n) is 17.8. The number of sulfonamides is 1. The fourth-order valence-corrected chi connectivity index (χ4v) is 4.63. The third kappa shape index (κ3) is 5.85. The second kappa shape index (κ2) is 9.44. The molecule has 2 fully saturated rings. The molecule has 0 radical (unpaired) electrons. The summed E-state index contributed by atoms with van der Waals surface area (Å²) in [5.41, 5.74) is 0.418. The summed E-state index contributed by atoms with van der Waals surface area (Å²) in [6, 6.07) is 8.57. The number of piperazine rings is 1. The van der Waals surface area contributed by atoms with E-state index in [1.165, 1.54) is 18.2 Å². The Labute approximate surface area is 190 Å². The van der Waals surface area contributed by atoms with Crippen LogP contribution in [0.15, 0.2) is 47.4 Å². The standard InChI is InChI=1S/C22H24F2N4O4S/c23-19-7-6-18(13-20(19)24)33(31,32)26-17-3-1-2-15(12-17)22(30)28-10-8-27(9-11-28)14-21(29)25-16-4-5-16/h1-3,6-7,12-13,16,26H,4-5,8-11,14H2,(H,25,29). The monoisotopic (exact) mass is 478 g/mol. The highest BCUT2D eigenvalue weighted by Gasteiger charge is 2.27. The van der Waals surface area contributed by atoms with Gasteiger partial charge in [-0.2, -0.15) is 0 Å². The minimum atomic E-state index is -4.17. The summed E-state index contributed by atoms with van der Waals surface area (Å²) in [5.74, 6) is -2.68. The molecule has 11 heteroatoms. The van der Waals surface area contributed by atoms with Gasteiger partial charge in [-0.05, 0) is 49.2 Å². The van der Waals surface area contributed by atoms with Gasteiger partial charge in [-0.15, -0.1) is 0 Å². The molecule has 1 aliphatic carbocycles. The van der Waals surface area contributed by atoms with E-state index < -0.39 is 26.6 Å². The molecule has 2 aromatic rings. The number of carbonyl (C=O) groups excluding carboxylic acids is 2. The summed E-state index contributed by atoms with van der Waals surface area (Å²) < 4.78 is 53.9. The molecule has 4 rings (SSSR count). The lowest BCUT2D eigenvalue weighted by Gasteiger charge is -2.34. The maximum atomic E-state index is 13.4. The van der Waals surface area contributed by atoms with Crippen molar-refractivity contribution in [3.8, 4) is 0 Å². The first-order chi connectivity index (χ1) is 15.7. The average Bonchev–Trinajstić information content (AvgIpc) is 3.59. The van der Waals surface area contributed by atoms with Gasteiger partial charge in [-0.25, -0.2) is 17.2 Å². The number of hydrogen-bond acceptors (Lipinski definition) is 5. The summed E-state index contributed by atoms with van der Waals surface area (Å²) in [4.78, 5) is 28.1. The first-order valence-electron chi connectivity index (χ1n) is 10.6. The topological polar surface area (TPSA) is 98.8 Å². The fraction of sp³-hybridized carbons (Fsp3) is 0.364. The maximum absolute atomic E-state index is 13.4. The van der Waals surface area contributed by atoms with Crippen LogP contribution in [0.5, 0.6) is 0 Å². The van der Waals surface area contributed by atoms with Crippen molar-refractivity contribution < 1.29 is 26.8 Å². The number of amides is 2. The Kier molecular flexibility index (Phi) is 6.61. The van der Waals surface area contributed by atoms with Crippen molar-refractivity contribution in [3.05, 3.63) is 59.7 Å². The first-order valence-corrected chi connectivity index (χ1v) is 12.1. The van der Waals surface area contributed by atoms with Crippen molar-refractivity contribution in [3.63, 3.8) is 0 Å². The van der Waals surface area contributed by atoms with Crippen LogP contribution in [0.25, 0.3) is 0 Å². The maximum Gasteiger partial charge on any atom is 0.261 e. The third-order valence-corrected chi connectivity index (χ3v) is 6.91. The molecular formula is C22H24F2N4O4S. The van der Waals surface area contributed by atoms with E-state index in [4.69, 9.17) is 0 Å². The number of anilines is 1. The zero-order chi connectivity index (χ0) is 23.6. The second-order valence-electron chi connectivity index (χ2n) is 8.17. The molecule has 2 aromatic carbocycles. The molecule has 1 saturated carbocycles. The molecule has 2 aliphatic rings. The lowest BCUT2D eigenvalue weighted by atomic mass is 10.1. The van der Waals surface area contributed by atoms with Crippen molar-refractivity contribution in [2.75, 3.05) is 37.4 Å². The number of benzene rings is 2. The number of carbonyl (C=O) groups is 2. The second-order valence-corrected chi connectivity index (χ2v) is 9.85. The zero-order valence-corrected chi connectivity index (χ0v) is 18.6. The van der Waals surface area contributed by atoms with Gasteiger partial charge in [0.15, 0.2) is 11.6 Å². The highest BCUT2D eigenvalue weighted by molar-refractivity contribution is 7.92. The van der Waals surface area contributed by atoms with Crippen molar-refractivity contribution in [1.82, 2.24) is 15.1 Å². The Morgan fingerprint density at radius 1 is 0.970 bits per heavy atom. The Morgan fingerprint density at radius 3 is 2.36 bits per heavy atom.